The first kappa shape index (κ1) is 18.8. The van der Waals surface area contributed by atoms with Gasteiger partial charge in [0.25, 0.3) is 0 Å². The zero-order valence-electron chi connectivity index (χ0n) is 16.5. The normalized spacial score (nSPS) is 20.9. The number of aliphatic hydroxyl groups excluding tert-OH is 1. The minimum Gasteiger partial charge on any atom is -0.387 e. The topological polar surface area (TPSA) is 72.8 Å². The van der Waals surface area contributed by atoms with E-state index in [-0.39, 0.29) is 11.9 Å². The standard InChI is InChI=1S/C21H27N5O2/c1-15-11-18-12-17(3-4-19(18)26(15)16(2)27)20(28)14-24-7-9-25(10-8-24)21-13-22-5-6-23-21/h3-6,12-13,15,20,28H,7-11,14H2,1-2H3. The number of amides is 1. The molecule has 1 amide bonds. The highest BCUT2D eigenvalue weighted by Crippen LogP contribution is 2.34. The number of benzene rings is 1. The molecule has 0 saturated carbocycles. The van der Waals surface area contributed by atoms with E-state index in [1.54, 1.807) is 25.5 Å². The van der Waals surface area contributed by atoms with E-state index in [2.05, 4.69) is 32.8 Å². The Kier molecular flexibility index (Phi) is 5.28. The Morgan fingerprint density at radius 2 is 2.04 bits per heavy atom. The molecule has 1 N–H and O–H groups in total. The lowest BCUT2D eigenvalue weighted by Crippen LogP contribution is -2.47. The SMILES string of the molecule is CC(=O)N1c2ccc(C(O)CN3CCN(c4cnccn4)CC3)cc2CC1C. The summed E-state index contributed by atoms with van der Waals surface area (Å²) in [6.45, 7) is 7.80. The van der Waals surface area contributed by atoms with E-state index in [0.29, 0.717) is 6.54 Å². The number of piperazine rings is 1. The number of β-amino-alcohol motifs (C(OH)–C–C–N with tert-alkyl or cyclic N) is 1. The van der Waals surface area contributed by atoms with Crippen molar-refractivity contribution in [1.82, 2.24) is 14.9 Å². The van der Waals surface area contributed by atoms with Crippen molar-refractivity contribution in [2.45, 2.75) is 32.4 Å². The zero-order valence-corrected chi connectivity index (χ0v) is 16.5. The molecule has 2 unspecified atom stereocenters. The van der Waals surface area contributed by atoms with Gasteiger partial charge in [-0.05, 0) is 30.5 Å². The molecule has 1 saturated heterocycles. The average Bonchev–Trinajstić information content (AvgIpc) is 3.04. The van der Waals surface area contributed by atoms with Crippen LogP contribution in [0, 0.1) is 0 Å². The molecule has 0 aliphatic carbocycles. The summed E-state index contributed by atoms with van der Waals surface area (Å²) in [5, 5.41) is 10.8. The smallest absolute Gasteiger partial charge is 0.224 e. The minimum absolute atomic E-state index is 0.0699. The molecule has 1 aromatic heterocycles. The number of carbonyl (C=O) groups is 1. The van der Waals surface area contributed by atoms with Gasteiger partial charge in [-0.3, -0.25) is 14.7 Å². The number of anilines is 2. The Labute approximate surface area is 165 Å². The molecule has 148 valence electrons. The summed E-state index contributed by atoms with van der Waals surface area (Å²) in [5.74, 6) is 0.978. The molecule has 2 atom stereocenters. The van der Waals surface area contributed by atoms with Crippen molar-refractivity contribution < 1.29 is 9.90 Å². The fourth-order valence-corrected chi connectivity index (χ4v) is 4.30. The van der Waals surface area contributed by atoms with Gasteiger partial charge in [0.05, 0.1) is 12.3 Å². The van der Waals surface area contributed by atoms with Crippen LogP contribution in [0.1, 0.15) is 31.1 Å². The van der Waals surface area contributed by atoms with E-state index in [4.69, 9.17) is 0 Å². The van der Waals surface area contributed by atoms with Gasteiger partial charge in [0.2, 0.25) is 5.91 Å². The maximum absolute atomic E-state index is 11.9. The molecule has 0 bridgehead atoms. The quantitative estimate of drug-likeness (QED) is 0.868. The predicted octanol–water partition coefficient (Wildman–Crippen LogP) is 1.63. The summed E-state index contributed by atoms with van der Waals surface area (Å²) in [5.41, 5.74) is 3.05. The van der Waals surface area contributed by atoms with Crippen LogP contribution < -0.4 is 9.80 Å². The summed E-state index contributed by atoms with van der Waals surface area (Å²) in [4.78, 5) is 26.7. The first-order valence-electron chi connectivity index (χ1n) is 9.87. The summed E-state index contributed by atoms with van der Waals surface area (Å²) in [6, 6.07) is 6.17. The Balaban J connectivity index is 1.37. The predicted molar refractivity (Wildman–Crippen MR) is 108 cm³/mol. The second-order valence-corrected chi connectivity index (χ2v) is 7.70. The van der Waals surface area contributed by atoms with Gasteiger partial charge < -0.3 is 14.9 Å². The van der Waals surface area contributed by atoms with E-state index in [9.17, 15) is 9.90 Å². The highest BCUT2D eigenvalue weighted by Gasteiger charge is 2.29. The first-order chi connectivity index (χ1) is 13.5. The zero-order chi connectivity index (χ0) is 19.7. The van der Waals surface area contributed by atoms with Crippen molar-refractivity contribution in [2.24, 2.45) is 0 Å². The van der Waals surface area contributed by atoms with Crippen LogP contribution >= 0.6 is 0 Å². The van der Waals surface area contributed by atoms with Crippen molar-refractivity contribution in [1.29, 1.82) is 0 Å². The third-order valence-electron chi connectivity index (χ3n) is 5.72. The summed E-state index contributed by atoms with van der Waals surface area (Å²) in [6.07, 6.45) is 5.50. The molecule has 0 spiro atoms. The molecular weight excluding hydrogens is 354 g/mol. The van der Waals surface area contributed by atoms with Gasteiger partial charge >= 0.3 is 0 Å². The Bertz CT molecular complexity index is 836. The van der Waals surface area contributed by atoms with Crippen molar-refractivity contribution in [3.05, 3.63) is 47.9 Å². The molecule has 0 radical (unpaired) electrons. The van der Waals surface area contributed by atoms with Gasteiger partial charge in [0.15, 0.2) is 0 Å². The van der Waals surface area contributed by atoms with E-state index < -0.39 is 6.10 Å². The number of aliphatic hydroxyl groups is 1. The monoisotopic (exact) mass is 381 g/mol. The lowest BCUT2D eigenvalue weighted by molar-refractivity contribution is -0.116. The van der Waals surface area contributed by atoms with Crippen LogP contribution in [-0.4, -0.2) is 64.6 Å². The average molecular weight is 381 g/mol. The third-order valence-corrected chi connectivity index (χ3v) is 5.72. The van der Waals surface area contributed by atoms with Crippen molar-refractivity contribution in [3.63, 3.8) is 0 Å². The maximum atomic E-state index is 11.9. The molecule has 1 aromatic carbocycles. The van der Waals surface area contributed by atoms with E-state index in [1.807, 2.05) is 17.0 Å². The molecule has 4 rings (SSSR count). The number of hydrogen-bond donors (Lipinski definition) is 1. The third kappa shape index (κ3) is 3.72. The van der Waals surface area contributed by atoms with Gasteiger partial charge in [0.1, 0.15) is 5.82 Å². The van der Waals surface area contributed by atoms with Crippen LogP contribution in [0.2, 0.25) is 0 Å². The first-order valence-corrected chi connectivity index (χ1v) is 9.87. The maximum Gasteiger partial charge on any atom is 0.224 e. The van der Waals surface area contributed by atoms with Crippen LogP contribution in [0.5, 0.6) is 0 Å². The summed E-state index contributed by atoms with van der Waals surface area (Å²) >= 11 is 0. The molecule has 2 aromatic rings. The van der Waals surface area contributed by atoms with Crippen LogP contribution in [0.15, 0.2) is 36.8 Å². The van der Waals surface area contributed by atoms with Crippen LogP contribution in [-0.2, 0) is 11.2 Å². The lowest BCUT2D eigenvalue weighted by Gasteiger charge is -2.36. The largest absolute Gasteiger partial charge is 0.387 e. The number of hydrogen-bond acceptors (Lipinski definition) is 6. The molecule has 2 aliphatic heterocycles. The lowest BCUT2D eigenvalue weighted by atomic mass is 10.0. The number of carbonyl (C=O) groups excluding carboxylic acids is 1. The summed E-state index contributed by atoms with van der Waals surface area (Å²) in [7, 11) is 0. The van der Waals surface area contributed by atoms with Gasteiger partial charge in [-0.1, -0.05) is 12.1 Å². The van der Waals surface area contributed by atoms with E-state index in [0.717, 1.165) is 55.2 Å². The van der Waals surface area contributed by atoms with Crippen LogP contribution in [0.3, 0.4) is 0 Å². The van der Waals surface area contributed by atoms with E-state index >= 15 is 0 Å². The van der Waals surface area contributed by atoms with Crippen LogP contribution in [0.25, 0.3) is 0 Å². The molecule has 28 heavy (non-hydrogen) atoms. The summed E-state index contributed by atoms with van der Waals surface area (Å²) < 4.78 is 0. The molecule has 1 fully saturated rings. The highest BCUT2D eigenvalue weighted by molar-refractivity contribution is 5.94. The number of nitrogens with zero attached hydrogens (tertiary/aromatic N) is 5. The Morgan fingerprint density at radius 1 is 1.25 bits per heavy atom. The number of rotatable bonds is 4. The minimum atomic E-state index is -0.532. The number of aromatic nitrogens is 2. The second kappa shape index (κ2) is 7.85. The van der Waals surface area contributed by atoms with Crippen molar-refractivity contribution in [3.8, 4) is 0 Å². The van der Waals surface area contributed by atoms with E-state index in [1.165, 1.54) is 0 Å². The van der Waals surface area contributed by atoms with Gasteiger partial charge in [0, 0.05) is 63.8 Å². The molecule has 7 heteroatoms. The molecule has 2 aliphatic rings. The fourth-order valence-electron chi connectivity index (χ4n) is 4.30. The van der Waals surface area contributed by atoms with Gasteiger partial charge in [-0.15, -0.1) is 0 Å². The second-order valence-electron chi connectivity index (χ2n) is 7.70. The fraction of sp³-hybridized carbons (Fsp3) is 0.476. The van der Waals surface area contributed by atoms with Gasteiger partial charge in [-0.2, -0.15) is 0 Å². The number of fused-ring (bicyclic) bond motifs is 1. The molecule has 3 heterocycles. The van der Waals surface area contributed by atoms with Crippen LogP contribution in [0.4, 0.5) is 11.5 Å². The molecule has 7 nitrogen and oxygen atoms in total. The Hall–Kier alpha value is -2.51. The Morgan fingerprint density at radius 3 is 2.71 bits per heavy atom. The van der Waals surface area contributed by atoms with Crippen molar-refractivity contribution >= 4 is 17.4 Å². The highest BCUT2D eigenvalue weighted by atomic mass is 16.3. The molecular formula is C21H27N5O2. The van der Waals surface area contributed by atoms with Gasteiger partial charge in [-0.25, -0.2) is 4.98 Å². The van der Waals surface area contributed by atoms with Crippen molar-refractivity contribution in [2.75, 3.05) is 42.5 Å².